The maximum absolute atomic E-state index is 12.2. The van der Waals surface area contributed by atoms with Crippen LogP contribution in [0.15, 0.2) is 0 Å². The van der Waals surface area contributed by atoms with E-state index in [0.717, 1.165) is 12.3 Å². The topological polar surface area (TPSA) is 29.1 Å². The van der Waals surface area contributed by atoms with Crippen LogP contribution in [-0.2, 0) is 10.8 Å². The largest absolute Gasteiger partial charge is 0.312 e. The Hall–Kier alpha value is 0.110. The van der Waals surface area contributed by atoms with E-state index in [-0.39, 0.29) is 0 Å². The van der Waals surface area contributed by atoms with Gasteiger partial charge in [-0.25, -0.2) is 0 Å². The van der Waals surface area contributed by atoms with Gasteiger partial charge in [0.2, 0.25) is 0 Å². The molecule has 0 aromatic heterocycles. The predicted molar refractivity (Wildman–Crippen MR) is 65.5 cm³/mol. The highest BCUT2D eigenvalue weighted by molar-refractivity contribution is 7.85. The SMILES string of the molecule is CC1CNC2CCCCCCC2S(=O)C1. The van der Waals surface area contributed by atoms with Crippen LogP contribution in [0.1, 0.15) is 45.4 Å². The van der Waals surface area contributed by atoms with Crippen LogP contribution in [0.25, 0.3) is 0 Å². The Labute approximate surface area is 95.7 Å². The second-order valence-electron chi connectivity index (χ2n) is 5.20. The van der Waals surface area contributed by atoms with Crippen molar-refractivity contribution >= 4 is 10.8 Å². The van der Waals surface area contributed by atoms with Crippen molar-refractivity contribution in [1.29, 1.82) is 0 Å². The van der Waals surface area contributed by atoms with Crippen molar-refractivity contribution in [3.05, 3.63) is 0 Å². The van der Waals surface area contributed by atoms with Crippen molar-refractivity contribution in [2.24, 2.45) is 5.92 Å². The van der Waals surface area contributed by atoms with Crippen molar-refractivity contribution in [1.82, 2.24) is 5.32 Å². The van der Waals surface area contributed by atoms with Crippen LogP contribution in [0.4, 0.5) is 0 Å². The average molecular weight is 229 g/mol. The number of hydrogen-bond donors (Lipinski definition) is 1. The smallest absolute Gasteiger partial charge is 0.0501 e. The third-order valence-electron chi connectivity index (χ3n) is 3.72. The van der Waals surface area contributed by atoms with Gasteiger partial charge < -0.3 is 5.32 Å². The fourth-order valence-electron chi connectivity index (χ4n) is 2.81. The van der Waals surface area contributed by atoms with Gasteiger partial charge in [0, 0.05) is 22.6 Å². The van der Waals surface area contributed by atoms with Gasteiger partial charge >= 0.3 is 0 Å². The lowest BCUT2D eigenvalue weighted by atomic mass is 9.96. The summed E-state index contributed by atoms with van der Waals surface area (Å²) in [5, 5.41) is 4.08. The third kappa shape index (κ3) is 3.04. The quantitative estimate of drug-likeness (QED) is 0.689. The molecule has 2 nitrogen and oxygen atoms in total. The lowest BCUT2D eigenvalue weighted by Crippen LogP contribution is -2.41. The molecule has 0 radical (unpaired) electrons. The first kappa shape index (κ1) is 11.6. The van der Waals surface area contributed by atoms with Gasteiger partial charge in [-0.15, -0.1) is 0 Å². The van der Waals surface area contributed by atoms with E-state index >= 15 is 0 Å². The Kier molecular flexibility index (Phi) is 4.21. The average Bonchev–Trinajstić information content (AvgIpc) is 2.26. The Morgan fingerprint density at radius 2 is 1.87 bits per heavy atom. The first-order valence-corrected chi connectivity index (χ1v) is 7.76. The zero-order valence-electron chi connectivity index (χ0n) is 9.71. The molecular formula is C12H23NOS. The molecule has 0 bridgehead atoms. The fourth-order valence-corrected chi connectivity index (χ4v) is 4.77. The van der Waals surface area contributed by atoms with Gasteiger partial charge in [-0.1, -0.05) is 32.6 Å². The summed E-state index contributed by atoms with van der Waals surface area (Å²) < 4.78 is 12.2. The fraction of sp³-hybridized carbons (Fsp3) is 1.00. The zero-order valence-corrected chi connectivity index (χ0v) is 10.5. The minimum Gasteiger partial charge on any atom is -0.312 e. The maximum atomic E-state index is 12.2. The number of hydrogen-bond acceptors (Lipinski definition) is 2. The number of rotatable bonds is 0. The molecule has 1 aliphatic carbocycles. The highest BCUT2D eigenvalue weighted by Gasteiger charge is 2.31. The molecule has 4 atom stereocenters. The number of nitrogens with one attached hydrogen (secondary N) is 1. The standard InChI is InChI=1S/C12H23NOS/c1-10-8-13-11-6-4-2-3-5-7-12(11)15(14)9-10/h10-13H,2-9H2,1H3. The first-order chi connectivity index (χ1) is 7.27. The Bertz CT molecular complexity index is 232. The maximum Gasteiger partial charge on any atom is 0.0501 e. The molecule has 0 aromatic rings. The molecule has 1 aliphatic heterocycles. The summed E-state index contributed by atoms with van der Waals surface area (Å²) in [5.41, 5.74) is 0. The van der Waals surface area contributed by atoms with Gasteiger partial charge in [-0.2, -0.15) is 0 Å². The summed E-state index contributed by atoms with van der Waals surface area (Å²) in [4.78, 5) is 0. The Morgan fingerprint density at radius 3 is 2.67 bits per heavy atom. The molecule has 0 spiro atoms. The lowest BCUT2D eigenvalue weighted by molar-refractivity contribution is 0.390. The van der Waals surface area contributed by atoms with Gasteiger partial charge in [0.05, 0.1) is 5.25 Å². The van der Waals surface area contributed by atoms with E-state index in [2.05, 4.69) is 12.2 Å². The second-order valence-corrected chi connectivity index (χ2v) is 6.90. The van der Waals surface area contributed by atoms with E-state index in [1.54, 1.807) is 0 Å². The summed E-state index contributed by atoms with van der Waals surface area (Å²) >= 11 is 0. The molecular weight excluding hydrogens is 206 g/mol. The molecule has 15 heavy (non-hydrogen) atoms. The normalized spacial score (nSPS) is 43.5. The minimum atomic E-state index is -0.585. The van der Waals surface area contributed by atoms with Crippen LogP contribution in [0, 0.1) is 5.92 Å². The van der Waals surface area contributed by atoms with Crippen LogP contribution in [-0.4, -0.2) is 27.8 Å². The van der Waals surface area contributed by atoms with E-state index in [1.807, 2.05) is 0 Å². The van der Waals surface area contributed by atoms with E-state index in [4.69, 9.17) is 0 Å². The Morgan fingerprint density at radius 1 is 1.13 bits per heavy atom. The van der Waals surface area contributed by atoms with Crippen LogP contribution in [0.5, 0.6) is 0 Å². The molecule has 2 rings (SSSR count). The van der Waals surface area contributed by atoms with Gasteiger partial charge in [0.25, 0.3) is 0 Å². The van der Waals surface area contributed by atoms with Crippen LogP contribution in [0.2, 0.25) is 0 Å². The molecule has 1 N–H and O–H groups in total. The highest BCUT2D eigenvalue weighted by Crippen LogP contribution is 2.24. The van der Waals surface area contributed by atoms with Gasteiger partial charge in [0.15, 0.2) is 0 Å². The molecule has 1 heterocycles. The van der Waals surface area contributed by atoms with Gasteiger partial charge in [-0.05, 0) is 25.3 Å². The molecule has 3 heteroatoms. The third-order valence-corrected chi connectivity index (χ3v) is 5.85. The lowest BCUT2D eigenvalue weighted by Gasteiger charge is -2.27. The monoisotopic (exact) mass is 229 g/mol. The summed E-state index contributed by atoms with van der Waals surface area (Å²) in [6.45, 7) is 3.27. The van der Waals surface area contributed by atoms with Crippen LogP contribution < -0.4 is 5.32 Å². The molecule has 2 fully saturated rings. The molecule has 1 saturated carbocycles. The van der Waals surface area contributed by atoms with Crippen molar-refractivity contribution in [3.63, 3.8) is 0 Å². The second kappa shape index (κ2) is 5.44. The molecule has 0 amide bonds. The molecule has 1 saturated heterocycles. The van der Waals surface area contributed by atoms with Crippen LogP contribution >= 0.6 is 0 Å². The molecule has 88 valence electrons. The van der Waals surface area contributed by atoms with E-state index in [1.165, 1.54) is 38.5 Å². The van der Waals surface area contributed by atoms with Crippen molar-refractivity contribution in [2.45, 2.75) is 56.7 Å². The summed E-state index contributed by atoms with van der Waals surface area (Å²) in [6, 6.07) is 0.538. The molecule has 0 aromatic carbocycles. The van der Waals surface area contributed by atoms with E-state index in [0.29, 0.717) is 17.2 Å². The van der Waals surface area contributed by atoms with Gasteiger partial charge in [-0.3, -0.25) is 4.21 Å². The van der Waals surface area contributed by atoms with Gasteiger partial charge in [0.1, 0.15) is 0 Å². The molecule has 4 unspecified atom stereocenters. The van der Waals surface area contributed by atoms with Crippen LogP contribution in [0.3, 0.4) is 0 Å². The molecule has 2 aliphatic rings. The summed E-state index contributed by atoms with van der Waals surface area (Å²) in [6.07, 6.45) is 7.73. The van der Waals surface area contributed by atoms with Crippen molar-refractivity contribution in [3.8, 4) is 0 Å². The van der Waals surface area contributed by atoms with Crippen molar-refractivity contribution < 1.29 is 4.21 Å². The number of fused-ring (bicyclic) bond motifs is 1. The minimum absolute atomic E-state index is 0.440. The predicted octanol–water partition coefficient (Wildman–Crippen LogP) is 2.07. The van der Waals surface area contributed by atoms with E-state index in [9.17, 15) is 4.21 Å². The Balaban J connectivity index is 2.05. The van der Waals surface area contributed by atoms with E-state index < -0.39 is 10.8 Å². The summed E-state index contributed by atoms with van der Waals surface area (Å²) in [7, 11) is -0.585. The first-order valence-electron chi connectivity index (χ1n) is 6.38. The van der Waals surface area contributed by atoms with Crippen molar-refractivity contribution in [2.75, 3.05) is 12.3 Å². The summed E-state index contributed by atoms with van der Waals surface area (Å²) in [5.74, 6) is 1.49. The zero-order chi connectivity index (χ0) is 10.7. The highest BCUT2D eigenvalue weighted by atomic mass is 32.2.